The van der Waals surface area contributed by atoms with Crippen LogP contribution in [0.2, 0.25) is 0 Å². The second kappa shape index (κ2) is 10.5. The molecule has 2 unspecified atom stereocenters. The highest BCUT2D eigenvalue weighted by Gasteiger charge is 2.44. The van der Waals surface area contributed by atoms with Crippen LogP contribution in [0.3, 0.4) is 0 Å². The molecule has 4 rings (SSSR count). The summed E-state index contributed by atoms with van der Waals surface area (Å²) in [6, 6.07) is 24.4. The number of aliphatic carboxylic acids is 1. The molecule has 3 aromatic rings. The van der Waals surface area contributed by atoms with Crippen LogP contribution >= 0.6 is 0 Å². The number of ether oxygens (including phenoxy) is 2. The van der Waals surface area contributed by atoms with E-state index in [1.165, 1.54) is 7.11 Å². The maximum absolute atomic E-state index is 11.0. The minimum absolute atomic E-state index is 0.116. The lowest BCUT2D eigenvalue weighted by atomic mass is 10.1. The highest BCUT2D eigenvalue weighted by Crippen LogP contribution is 2.47. The monoisotopic (exact) mass is 456 g/mol. The standard InChI is InChI=1S/C27H24N2O5/c1-32-29-26(21-6-2-18(15-28)3-7-21)17-34-22-10-4-19(5-11-22)16-33-23-12-8-20(9-13-23)24-14-25(24)27(30)31/h2-13,24-25H,14,16-17H2,1H3,(H,30,31)/b29-26-. The molecule has 1 aliphatic rings. The van der Waals surface area contributed by atoms with Gasteiger partial charge in [0.2, 0.25) is 0 Å². The number of nitriles is 1. The van der Waals surface area contributed by atoms with Gasteiger partial charge in [-0.05, 0) is 59.9 Å². The number of carboxylic acids is 1. The van der Waals surface area contributed by atoms with Gasteiger partial charge >= 0.3 is 5.97 Å². The summed E-state index contributed by atoms with van der Waals surface area (Å²) in [5.74, 6) is 0.551. The number of rotatable bonds is 10. The van der Waals surface area contributed by atoms with E-state index < -0.39 is 5.97 Å². The quantitative estimate of drug-likeness (QED) is 0.349. The van der Waals surface area contributed by atoms with Crippen molar-refractivity contribution in [1.29, 1.82) is 5.26 Å². The van der Waals surface area contributed by atoms with Crippen molar-refractivity contribution in [3.05, 3.63) is 95.1 Å². The maximum Gasteiger partial charge on any atom is 0.307 e. The van der Waals surface area contributed by atoms with E-state index in [1.807, 2.05) is 60.7 Å². The molecular formula is C27H24N2O5. The van der Waals surface area contributed by atoms with Crippen LogP contribution < -0.4 is 9.47 Å². The zero-order valence-electron chi connectivity index (χ0n) is 18.7. The zero-order chi connectivity index (χ0) is 23.9. The first kappa shape index (κ1) is 22.9. The SMILES string of the molecule is CO/N=C(/COc1ccc(COc2ccc(C3CC3C(=O)O)cc2)cc1)c1ccc(C#N)cc1. The minimum Gasteiger partial charge on any atom is -0.489 e. The van der Waals surface area contributed by atoms with E-state index in [0.717, 1.165) is 22.4 Å². The van der Waals surface area contributed by atoms with E-state index in [-0.39, 0.29) is 18.4 Å². The number of hydrogen-bond acceptors (Lipinski definition) is 6. The average Bonchev–Trinajstić information content (AvgIpc) is 3.68. The minimum atomic E-state index is -0.728. The molecule has 0 bridgehead atoms. The average molecular weight is 456 g/mol. The topological polar surface area (TPSA) is 101 Å². The van der Waals surface area contributed by atoms with Crippen LogP contribution in [0, 0.1) is 17.2 Å². The highest BCUT2D eigenvalue weighted by molar-refractivity contribution is 6.01. The Morgan fingerprint density at radius 3 is 2.24 bits per heavy atom. The van der Waals surface area contributed by atoms with Gasteiger partial charge < -0.3 is 19.4 Å². The molecule has 0 radical (unpaired) electrons. The third kappa shape index (κ3) is 5.73. The summed E-state index contributed by atoms with van der Waals surface area (Å²) in [6.45, 7) is 0.619. The van der Waals surface area contributed by atoms with Gasteiger partial charge in [0.1, 0.15) is 37.5 Å². The van der Waals surface area contributed by atoms with Crippen molar-refractivity contribution in [3.63, 3.8) is 0 Å². The van der Waals surface area contributed by atoms with Crippen LogP contribution in [0.1, 0.15) is 34.6 Å². The summed E-state index contributed by atoms with van der Waals surface area (Å²) in [7, 11) is 1.48. The van der Waals surface area contributed by atoms with E-state index in [2.05, 4.69) is 11.2 Å². The molecule has 0 aromatic heterocycles. The summed E-state index contributed by atoms with van der Waals surface area (Å²) in [5.41, 5.74) is 4.03. The van der Waals surface area contributed by atoms with E-state index in [4.69, 9.17) is 24.7 Å². The summed E-state index contributed by atoms with van der Waals surface area (Å²) in [5, 5.41) is 22.1. The van der Waals surface area contributed by atoms with Gasteiger partial charge in [-0.15, -0.1) is 0 Å². The first-order valence-electron chi connectivity index (χ1n) is 10.8. The molecular weight excluding hydrogens is 432 g/mol. The lowest BCUT2D eigenvalue weighted by molar-refractivity contribution is -0.138. The Morgan fingerprint density at radius 1 is 1.00 bits per heavy atom. The molecule has 0 spiro atoms. The van der Waals surface area contributed by atoms with Gasteiger partial charge in [0.15, 0.2) is 0 Å². The van der Waals surface area contributed by atoms with Gasteiger partial charge in [0, 0.05) is 5.56 Å². The number of carbonyl (C=O) groups is 1. The van der Waals surface area contributed by atoms with E-state index in [1.54, 1.807) is 12.1 Å². The molecule has 172 valence electrons. The van der Waals surface area contributed by atoms with E-state index >= 15 is 0 Å². The Bertz CT molecular complexity index is 1200. The Kier molecular flexibility index (Phi) is 7.09. The molecule has 1 N–H and O–H groups in total. The Hall–Kier alpha value is -4.31. The highest BCUT2D eigenvalue weighted by atomic mass is 16.6. The van der Waals surface area contributed by atoms with Crippen molar-refractivity contribution >= 4 is 11.7 Å². The lowest BCUT2D eigenvalue weighted by Gasteiger charge is -2.10. The van der Waals surface area contributed by atoms with Gasteiger partial charge in [-0.2, -0.15) is 5.26 Å². The number of hydrogen-bond donors (Lipinski definition) is 1. The molecule has 7 nitrogen and oxygen atoms in total. The number of oxime groups is 1. The fraction of sp³-hybridized carbons (Fsp3) is 0.222. The predicted molar refractivity (Wildman–Crippen MR) is 126 cm³/mol. The normalized spacial score (nSPS) is 16.9. The maximum atomic E-state index is 11.0. The van der Waals surface area contributed by atoms with Crippen molar-refractivity contribution in [2.75, 3.05) is 13.7 Å². The second-order valence-corrected chi connectivity index (χ2v) is 7.99. The van der Waals surface area contributed by atoms with E-state index in [9.17, 15) is 4.79 Å². The van der Waals surface area contributed by atoms with Gasteiger partial charge in [-0.1, -0.05) is 41.6 Å². The predicted octanol–water partition coefficient (Wildman–Crippen LogP) is 4.75. The first-order chi connectivity index (χ1) is 16.6. The van der Waals surface area contributed by atoms with Crippen molar-refractivity contribution in [1.82, 2.24) is 0 Å². The molecule has 1 saturated carbocycles. The fourth-order valence-electron chi connectivity index (χ4n) is 3.66. The Morgan fingerprint density at radius 2 is 1.65 bits per heavy atom. The van der Waals surface area contributed by atoms with Gasteiger partial charge in [-0.25, -0.2) is 0 Å². The summed E-state index contributed by atoms with van der Waals surface area (Å²) in [6.07, 6.45) is 0.705. The van der Waals surface area contributed by atoms with Gasteiger partial charge in [-0.3, -0.25) is 4.79 Å². The molecule has 0 aliphatic heterocycles. The second-order valence-electron chi connectivity index (χ2n) is 7.99. The van der Waals surface area contributed by atoms with Crippen LogP contribution in [0.15, 0.2) is 78.0 Å². The number of nitrogens with zero attached hydrogens (tertiary/aromatic N) is 2. The lowest BCUT2D eigenvalue weighted by Crippen LogP contribution is -2.13. The largest absolute Gasteiger partial charge is 0.489 e. The van der Waals surface area contributed by atoms with Gasteiger partial charge in [0.05, 0.1) is 17.6 Å². The third-order valence-corrected chi connectivity index (χ3v) is 5.67. The smallest absolute Gasteiger partial charge is 0.307 e. The van der Waals surface area contributed by atoms with Crippen LogP contribution in [-0.2, 0) is 16.2 Å². The molecule has 0 saturated heterocycles. The molecule has 1 fully saturated rings. The van der Waals surface area contributed by atoms with Crippen molar-refractivity contribution < 1.29 is 24.2 Å². The van der Waals surface area contributed by atoms with Crippen molar-refractivity contribution in [3.8, 4) is 17.6 Å². The molecule has 7 heteroatoms. The van der Waals surface area contributed by atoms with Crippen LogP contribution in [-0.4, -0.2) is 30.5 Å². The molecule has 0 heterocycles. The molecule has 0 amide bonds. The summed E-state index contributed by atoms with van der Waals surface area (Å²) >= 11 is 0. The Balaban J connectivity index is 1.28. The molecule has 34 heavy (non-hydrogen) atoms. The molecule has 3 aromatic carbocycles. The molecule has 2 atom stereocenters. The van der Waals surface area contributed by atoms with Crippen LogP contribution in [0.5, 0.6) is 11.5 Å². The fourth-order valence-corrected chi connectivity index (χ4v) is 3.66. The number of carboxylic acid groups (broad SMARTS) is 1. The van der Waals surface area contributed by atoms with Crippen LogP contribution in [0.25, 0.3) is 0 Å². The number of benzene rings is 3. The first-order valence-corrected chi connectivity index (χ1v) is 10.8. The zero-order valence-corrected chi connectivity index (χ0v) is 18.7. The van der Waals surface area contributed by atoms with Crippen molar-refractivity contribution in [2.24, 2.45) is 11.1 Å². The van der Waals surface area contributed by atoms with E-state index in [0.29, 0.717) is 30.1 Å². The summed E-state index contributed by atoms with van der Waals surface area (Å²) < 4.78 is 11.7. The summed E-state index contributed by atoms with van der Waals surface area (Å²) in [4.78, 5) is 16.0. The van der Waals surface area contributed by atoms with Crippen molar-refractivity contribution in [2.45, 2.75) is 18.9 Å². The third-order valence-electron chi connectivity index (χ3n) is 5.67. The molecule has 1 aliphatic carbocycles. The Labute approximate surface area is 197 Å². The van der Waals surface area contributed by atoms with Gasteiger partial charge in [0.25, 0.3) is 0 Å². The van der Waals surface area contributed by atoms with Crippen LogP contribution in [0.4, 0.5) is 0 Å².